The van der Waals surface area contributed by atoms with Crippen molar-refractivity contribution in [2.45, 2.75) is 0 Å². The van der Waals surface area contributed by atoms with Gasteiger partial charge in [-0.05, 0) is 116 Å². The zero-order valence-electron chi connectivity index (χ0n) is 37.1. The zero-order chi connectivity index (χ0) is 44.9. The Kier molecular flexibility index (Phi) is 7.50. The lowest BCUT2D eigenvalue weighted by Crippen LogP contribution is -2.68. The largest absolute Gasteiger partial charge is 0.458 e. The summed E-state index contributed by atoms with van der Waals surface area (Å²) in [5.41, 5.74) is 20.6. The van der Waals surface area contributed by atoms with E-state index < -0.39 is 0 Å². The van der Waals surface area contributed by atoms with Crippen molar-refractivity contribution in [3.05, 3.63) is 218 Å². The van der Waals surface area contributed by atoms with Crippen molar-refractivity contribution in [2.75, 3.05) is 14.7 Å². The molecule has 0 saturated heterocycles. The zero-order valence-corrected chi connectivity index (χ0v) is 37.1. The Hall–Kier alpha value is -8.81. The van der Waals surface area contributed by atoms with E-state index in [1.54, 1.807) is 0 Å². The summed E-state index contributed by atoms with van der Waals surface area (Å²) in [6.45, 7) is -0.269. The average Bonchev–Trinajstić information content (AvgIpc) is 3.40. The summed E-state index contributed by atoms with van der Waals surface area (Å²) < 4.78 is 21.6. The van der Waals surface area contributed by atoms with Crippen LogP contribution in [0.4, 0.5) is 51.2 Å². The fourth-order valence-electron chi connectivity index (χ4n) is 12.5. The van der Waals surface area contributed by atoms with E-state index in [0.29, 0.717) is 0 Å². The van der Waals surface area contributed by atoms with Crippen LogP contribution in [0, 0.1) is 0 Å². The minimum atomic E-state index is -0.156. The van der Waals surface area contributed by atoms with Gasteiger partial charge in [0.05, 0.1) is 5.69 Å². The number of ether oxygens (including phenoxy) is 3. The third-order valence-corrected chi connectivity index (χ3v) is 15.2. The molecule has 0 atom stereocenters. The molecule has 6 aliphatic rings. The first-order chi connectivity index (χ1) is 34.2. The maximum atomic E-state index is 7.46. The summed E-state index contributed by atoms with van der Waals surface area (Å²) in [4.78, 5) is 7.24. The summed E-state index contributed by atoms with van der Waals surface area (Å²) in [7, 11) is 0. The third kappa shape index (κ3) is 5.08. The van der Waals surface area contributed by atoms with Crippen molar-refractivity contribution < 1.29 is 14.2 Å². The topological polar surface area (TPSA) is 37.4 Å². The lowest BCUT2D eigenvalue weighted by atomic mass is 9.29. The van der Waals surface area contributed by atoms with Crippen molar-refractivity contribution in [3.8, 4) is 34.5 Å². The standard InChI is InChI=1S/C60H36B3N3O3/c1-4-18-37(19-5-1)64(38-20-6-2-7-21-38)40-32-54-58-55(33-40)68-53-34-45-52(35-46(53)63(58)44-27-13-17-31-51(44)67-54)69-56-36-50-57-60-59(56)62(45)43-26-12-16-30-49(43)66(60)48-29-15-11-25-42(48)61(57)41-24-10-14-28-47(41)65(50)39-22-8-3-9-23-39/h1-36H. The predicted molar refractivity (Wildman–Crippen MR) is 284 cm³/mol. The Bertz CT molecular complexity index is 3780. The lowest BCUT2D eigenvalue weighted by Gasteiger charge is -2.49. The summed E-state index contributed by atoms with van der Waals surface area (Å²) in [6, 6.07) is 78.4. The molecule has 10 aromatic carbocycles. The number of hydrogen-bond donors (Lipinski definition) is 0. The summed E-state index contributed by atoms with van der Waals surface area (Å²) in [5.74, 6) is 4.93. The van der Waals surface area contributed by atoms with Gasteiger partial charge in [-0.1, -0.05) is 127 Å². The van der Waals surface area contributed by atoms with Crippen LogP contribution in [0.25, 0.3) is 0 Å². The van der Waals surface area contributed by atoms with Crippen LogP contribution in [0.15, 0.2) is 218 Å². The van der Waals surface area contributed by atoms with Crippen LogP contribution in [-0.2, 0) is 0 Å². The van der Waals surface area contributed by atoms with Crippen LogP contribution in [0.2, 0.25) is 0 Å². The molecule has 6 nitrogen and oxygen atoms in total. The second-order valence-corrected chi connectivity index (χ2v) is 18.7. The number of nitrogens with zero attached hydrogens (tertiary/aromatic N) is 3. The normalized spacial score (nSPS) is 14.0. The number of hydrogen-bond acceptors (Lipinski definition) is 6. The van der Waals surface area contributed by atoms with Gasteiger partial charge in [0.2, 0.25) is 0 Å². The minimum Gasteiger partial charge on any atom is -0.458 e. The first-order valence-electron chi connectivity index (χ1n) is 23.8. The van der Waals surface area contributed by atoms with E-state index in [9.17, 15) is 0 Å². The van der Waals surface area contributed by atoms with E-state index >= 15 is 0 Å². The highest BCUT2D eigenvalue weighted by molar-refractivity contribution is 7.04. The Morgan fingerprint density at radius 3 is 1.30 bits per heavy atom. The van der Waals surface area contributed by atoms with Gasteiger partial charge < -0.3 is 28.9 Å². The van der Waals surface area contributed by atoms with Gasteiger partial charge in [0, 0.05) is 69.2 Å². The highest BCUT2D eigenvalue weighted by Crippen LogP contribution is 2.49. The summed E-state index contributed by atoms with van der Waals surface area (Å²) in [5, 5.41) is 0. The monoisotopic (exact) mass is 879 g/mol. The number of para-hydroxylation sites is 7. The van der Waals surface area contributed by atoms with Crippen LogP contribution >= 0.6 is 0 Å². The maximum Gasteiger partial charge on any atom is 0.260 e. The van der Waals surface area contributed by atoms with Crippen molar-refractivity contribution in [1.29, 1.82) is 0 Å². The molecule has 9 heteroatoms. The van der Waals surface area contributed by atoms with Gasteiger partial charge in [0.25, 0.3) is 20.1 Å². The Labute approximate surface area is 400 Å². The quantitative estimate of drug-likeness (QED) is 0.165. The average molecular weight is 879 g/mol. The Balaban J connectivity index is 0.937. The molecule has 0 fully saturated rings. The molecule has 6 heterocycles. The predicted octanol–water partition coefficient (Wildman–Crippen LogP) is 8.90. The molecule has 0 aromatic heterocycles. The van der Waals surface area contributed by atoms with Gasteiger partial charge >= 0.3 is 0 Å². The van der Waals surface area contributed by atoms with Crippen LogP contribution in [0.3, 0.4) is 0 Å². The summed E-state index contributed by atoms with van der Waals surface area (Å²) >= 11 is 0. The van der Waals surface area contributed by atoms with Crippen LogP contribution in [-0.4, -0.2) is 20.1 Å². The Morgan fingerprint density at radius 1 is 0.290 bits per heavy atom. The number of rotatable bonds is 4. The second kappa shape index (κ2) is 13.9. The van der Waals surface area contributed by atoms with Crippen molar-refractivity contribution in [1.82, 2.24) is 0 Å². The number of anilines is 9. The SMILES string of the molecule is c1ccc(N(c2ccccc2)c2cc3c4c(c2)Oc2cc5c(cc2B4c2ccccc2O3)Oc2cc3c4c6c2B5c2ccccc2N6c2ccccc2B4c2ccccc2N3c2ccccc2)cc1. The molecule has 6 aliphatic heterocycles. The highest BCUT2D eigenvalue weighted by Gasteiger charge is 2.52. The van der Waals surface area contributed by atoms with Crippen LogP contribution < -0.4 is 78.1 Å². The highest BCUT2D eigenvalue weighted by atomic mass is 16.5. The van der Waals surface area contributed by atoms with Crippen molar-refractivity contribution in [2.24, 2.45) is 0 Å². The van der Waals surface area contributed by atoms with E-state index in [-0.39, 0.29) is 20.1 Å². The van der Waals surface area contributed by atoms with Crippen molar-refractivity contribution in [3.63, 3.8) is 0 Å². The van der Waals surface area contributed by atoms with E-state index in [1.807, 2.05) is 0 Å². The smallest absolute Gasteiger partial charge is 0.260 e. The molecule has 10 aromatic rings. The van der Waals surface area contributed by atoms with Gasteiger partial charge in [-0.25, -0.2) is 0 Å². The van der Waals surface area contributed by atoms with E-state index in [2.05, 4.69) is 233 Å². The lowest BCUT2D eigenvalue weighted by molar-refractivity contribution is 0.462. The molecular formula is C60H36B3N3O3. The van der Waals surface area contributed by atoms with E-state index in [0.717, 1.165) is 84.8 Å². The molecule has 16 rings (SSSR count). The second-order valence-electron chi connectivity index (χ2n) is 18.7. The van der Waals surface area contributed by atoms with Gasteiger partial charge in [0.15, 0.2) is 0 Å². The molecule has 0 N–H and O–H groups in total. The first-order valence-corrected chi connectivity index (χ1v) is 23.8. The Morgan fingerprint density at radius 2 is 0.725 bits per heavy atom. The number of benzene rings is 10. The van der Waals surface area contributed by atoms with Gasteiger partial charge in [0.1, 0.15) is 34.5 Å². The van der Waals surface area contributed by atoms with Gasteiger partial charge in [-0.15, -0.1) is 0 Å². The molecular weight excluding hydrogens is 843 g/mol. The molecule has 0 saturated carbocycles. The first kappa shape index (κ1) is 37.3. The fraction of sp³-hybridized carbons (Fsp3) is 0. The van der Waals surface area contributed by atoms with E-state index in [4.69, 9.17) is 14.2 Å². The van der Waals surface area contributed by atoms with E-state index in [1.165, 1.54) is 50.1 Å². The third-order valence-electron chi connectivity index (χ3n) is 15.2. The number of fused-ring (bicyclic) bond motifs is 14. The molecule has 0 amide bonds. The minimum absolute atomic E-state index is 0.0166. The molecule has 0 unspecified atom stereocenters. The fourth-order valence-corrected chi connectivity index (χ4v) is 12.5. The maximum absolute atomic E-state index is 7.46. The summed E-state index contributed by atoms with van der Waals surface area (Å²) in [6.07, 6.45) is 0. The molecule has 0 aliphatic carbocycles. The molecule has 69 heavy (non-hydrogen) atoms. The van der Waals surface area contributed by atoms with Gasteiger partial charge in [-0.2, -0.15) is 0 Å². The van der Waals surface area contributed by atoms with Crippen LogP contribution in [0.1, 0.15) is 0 Å². The molecule has 0 spiro atoms. The molecule has 0 bridgehead atoms. The van der Waals surface area contributed by atoms with Gasteiger partial charge in [-0.3, -0.25) is 0 Å². The van der Waals surface area contributed by atoms with Crippen LogP contribution in [0.5, 0.6) is 34.5 Å². The molecule has 0 radical (unpaired) electrons. The van der Waals surface area contributed by atoms with Crippen molar-refractivity contribution >= 4 is 120 Å². The molecule has 318 valence electrons.